The van der Waals surface area contributed by atoms with E-state index in [9.17, 15) is 4.79 Å². The minimum atomic E-state index is -1.65. The number of carbonyl (C=O) groups is 1. The van der Waals surface area contributed by atoms with Crippen LogP contribution in [0.3, 0.4) is 0 Å². The molecule has 0 N–H and O–H groups in total. The summed E-state index contributed by atoms with van der Waals surface area (Å²) < 4.78 is 6.54. The maximum Gasteiger partial charge on any atom is 0.184 e. The van der Waals surface area contributed by atoms with E-state index in [4.69, 9.17) is 4.43 Å². The maximum absolute atomic E-state index is 12.5. The number of hydrogen-bond donors (Lipinski definition) is 0. The summed E-state index contributed by atoms with van der Waals surface area (Å²) in [5.41, 5.74) is 4.03. The molecule has 3 atom stereocenters. The van der Waals surface area contributed by atoms with Gasteiger partial charge < -0.3 is 4.43 Å². The highest BCUT2D eigenvalue weighted by molar-refractivity contribution is 6.69. The highest BCUT2D eigenvalue weighted by atomic mass is 28.4. The molecule has 2 aliphatic carbocycles. The predicted octanol–water partition coefficient (Wildman–Crippen LogP) is 7.05. The minimum Gasteiger partial charge on any atom is -0.409 e. The van der Waals surface area contributed by atoms with E-state index in [2.05, 4.69) is 77.7 Å². The fourth-order valence-electron chi connectivity index (χ4n) is 6.20. The Balaban J connectivity index is 1.81. The van der Waals surface area contributed by atoms with Crippen molar-refractivity contribution in [1.29, 1.82) is 0 Å². The second-order valence-electron chi connectivity index (χ2n) is 11.0. The molecule has 2 aliphatic rings. The molecule has 1 aromatic rings. The average Bonchev–Trinajstić information content (AvgIpc) is 2.96. The monoisotopic (exact) mass is 412 g/mol. The Bertz CT molecular complexity index is 786. The molecule has 2 saturated carbocycles. The third-order valence-corrected chi connectivity index (χ3v) is 8.41. The third-order valence-electron chi connectivity index (χ3n) is 7.28. The summed E-state index contributed by atoms with van der Waals surface area (Å²) in [6.07, 6.45) is 8.69. The van der Waals surface area contributed by atoms with E-state index in [1.165, 1.54) is 29.5 Å². The second-order valence-corrected chi connectivity index (χ2v) is 15.5. The summed E-state index contributed by atoms with van der Waals surface area (Å²) in [6.45, 7) is 15.8. The highest BCUT2D eigenvalue weighted by Crippen LogP contribution is 2.56. The van der Waals surface area contributed by atoms with Crippen LogP contribution < -0.4 is 0 Å². The van der Waals surface area contributed by atoms with Gasteiger partial charge in [0.15, 0.2) is 8.32 Å². The zero-order valence-corrected chi connectivity index (χ0v) is 20.6. The summed E-state index contributed by atoms with van der Waals surface area (Å²) in [4.78, 5) is 12.5. The number of ketones is 1. The Morgan fingerprint density at radius 3 is 2.62 bits per heavy atom. The Labute approximate surface area is 179 Å². The molecular weight excluding hydrogens is 372 g/mol. The fraction of sp³-hybridized carbons (Fsp3) is 0.654. The second kappa shape index (κ2) is 8.15. The largest absolute Gasteiger partial charge is 0.409 e. The molecule has 0 saturated heterocycles. The van der Waals surface area contributed by atoms with Crippen molar-refractivity contribution in [3.8, 4) is 0 Å². The van der Waals surface area contributed by atoms with Crippen LogP contribution in [-0.2, 0) is 21.2 Å². The first-order valence-corrected chi connectivity index (χ1v) is 14.8. The van der Waals surface area contributed by atoms with Crippen LogP contribution in [-0.4, -0.2) is 14.1 Å². The zero-order valence-electron chi connectivity index (χ0n) is 19.6. The number of allylic oxidation sites excluding steroid dienone is 2. The van der Waals surface area contributed by atoms with E-state index < -0.39 is 8.32 Å². The third kappa shape index (κ3) is 4.77. The van der Waals surface area contributed by atoms with Crippen molar-refractivity contribution in [2.24, 2.45) is 17.3 Å². The smallest absolute Gasteiger partial charge is 0.184 e. The van der Waals surface area contributed by atoms with E-state index in [0.29, 0.717) is 17.6 Å². The van der Waals surface area contributed by atoms with Crippen LogP contribution in [0.1, 0.15) is 70.9 Å². The molecule has 0 heterocycles. The number of hydrogen-bond acceptors (Lipinski definition) is 2. The maximum atomic E-state index is 12.5. The standard InChI is InChI=1S/C26H40O2Si/c1-19(21-16-17-23-24(27)13-10-18-26(21,23)4)14-15-20-11-8-9-12-22(20)25(2,3)28-29(5,6)7/h8-9,11-12,14,21,23H,10,13,15-18H2,1-7H3/b19-14-/t21-,23?,26-/m1/s1. The number of benzene rings is 1. The van der Waals surface area contributed by atoms with Gasteiger partial charge in [-0.1, -0.05) is 42.8 Å². The lowest BCUT2D eigenvalue weighted by molar-refractivity contribution is -0.129. The van der Waals surface area contributed by atoms with Crippen molar-refractivity contribution in [3.05, 3.63) is 47.0 Å². The first-order valence-electron chi connectivity index (χ1n) is 11.4. The van der Waals surface area contributed by atoms with Crippen LogP contribution in [0.5, 0.6) is 0 Å². The predicted molar refractivity (Wildman–Crippen MR) is 125 cm³/mol. The van der Waals surface area contributed by atoms with Crippen LogP contribution >= 0.6 is 0 Å². The molecule has 160 valence electrons. The van der Waals surface area contributed by atoms with Crippen molar-refractivity contribution in [3.63, 3.8) is 0 Å². The van der Waals surface area contributed by atoms with Gasteiger partial charge in [0, 0.05) is 12.3 Å². The van der Waals surface area contributed by atoms with Gasteiger partial charge in [0.05, 0.1) is 5.60 Å². The molecule has 0 aromatic heterocycles. The van der Waals surface area contributed by atoms with Crippen LogP contribution in [0, 0.1) is 17.3 Å². The van der Waals surface area contributed by atoms with Gasteiger partial charge >= 0.3 is 0 Å². The van der Waals surface area contributed by atoms with E-state index >= 15 is 0 Å². The van der Waals surface area contributed by atoms with Crippen LogP contribution in [0.15, 0.2) is 35.9 Å². The van der Waals surface area contributed by atoms with Gasteiger partial charge in [-0.05, 0) is 95.0 Å². The van der Waals surface area contributed by atoms with Gasteiger partial charge in [0.2, 0.25) is 0 Å². The van der Waals surface area contributed by atoms with Crippen molar-refractivity contribution in [1.82, 2.24) is 0 Å². The molecule has 2 fully saturated rings. The van der Waals surface area contributed by atoms with Gasteiger partial charge in [-0.25, -0.2) is 0 Å². The Kier molecular flexibility index (Phi) is 6.32. The van der Waals surface area contributed by atoms with Gasteiger partial charge in [-0.15, -0.1) is 0 Å². The van der Waals surface area contributed by atoms with E-state index in [0.717, 1.165) is 25.7 Å². The lowest BCUT2D eigenvalue weighted by atomic mass is 9.63. The summed E-state index contributed by atoms with van der Waals surface area (Å²) in [7, 11) is -1.65. The van der Waals surface area contributed by atoms with Crippen molar-refractivity contribution in [2.75, 3.05) is 0 Å². The summed E-state index contributed by atoms with van der Waals surface area (Å²) in [6, 6.07) is 8.74. The van der Waals surface area contributed by atoms with E-state index in [1.54, 1.807) is 0 Å². The zero-order chi connectivity index (χ0) is 21.4. The minimum absolute atomic E-state index is 0.176. The fourth-order valence-corrected chi connectivity index (χ4v) is 7.84. The summed E-state index contributed by atoms with van der Waals surface area (Å²) >= 11 is 0. The van der Waals surface area contributed by atoms with Gasteiger partial charge in [0.25, 0.3) is 0 Å². The van der Waals surface area contributed by atoms with Crippen LogP contribution in [0.2, 0.25) is 19.6 Å². The Hall–Kier alpha value is -1.19. The number of fused-ring (bicyclic) bond motifs is 1. The number of rotatable bonds is 6. The molecule has 29 heavy (non-hydrogen) atoms. The average molecular weight is 413 g/mol. The molecule has 0 aliphatic heterocycles. The van der Waals surface area contributed by atoms with Gasteiger partial charge in [-0.3, -0.25) is 4.79 Å². The topological polar surface area (TPSA) is 26.3 Å². The number of Topliss-reactive ketones (excluding diaryl/α,β-unsaturated/α-hetero) is 1. The Morgan fingerprint density at radius 1 is 1.24 bits per heavy atom. The van der Waals surface area contributed by atoms with Gasteiger partial charge in [0.1, 0.15) is 5.78 Å². The summed E-state index contributed by atoms with van der Waals surface area (Å²) in [5, 5.41) is 0. The molecule has 1 aromatic carbocycles. The lowest BCUT2D eigenvalue weighted by Gasteiger charge is -2.40. The molecule has 3 rings (SSSR count). The molecule has 0 bridgehead atoms. The molecule has 1 unspecified atom stereocenters. The molecular formula is C26H40O2Si. The highest BCUT2D eigenvalue weighted by Gasteiger charge is 2.51. The van der Waals surface area contributed by atoms with Crippen LogP contribution in [0.25, 0.3) is 0 Å². The van der Waals surface area contributed by atoms with Crippen molar-refractivity contribution >= 4 is 14.1 Å². The SMILES string of the molecule is C/C(=C/Cc1ccccc1C(C)(C)O[Si](C)(C)C)[C@H]1CCC2C(=O)CCC[C@@]21C. The van der Waals surface area contributed by atoms with Crippen LogP contribution in [0.4, 0.5) is 0 Å². The quantitative estimate of drug-likeness (QED) is 0.370. The molecule has 0 amide bonds. The van der Waals surface area contributed by atoms with E-state index in [1.807, 2.05) is 0 Å². The number of carbonyl (C=O) groups excluding carboxylic acids is 1. The first kappa shape index (κ1) is 22.5. The Morgan fingerprint density at radius 2 is 1.93 bits per heavy atom. The lowest BCUT2D eigenvalue weighted by Crippen LogP contribution is -2.37. The summed E-state index contributed by atoms with van der Waals surface area (Å²) in [5.74, 6) is 1.36. The molecule has 3 heteroatoms. The molecule has 0 spiro atoms. The molecule has 2 nitrogen and oxygen atoms in total. The van der Waals surface area contributed by atoms with Crippen molar-refractivity contribution < 1.29 is 9.22 Å². The normalized spacial score (nSPS) is 28.5. The van der Waals surface area contributed by atoms with Crippen molar-refractivity contribution in [2.45, 2.75) is 91.5 Å². The van der Waals surface area contributed by atoms with E-state index in [-0.39, 0.29) is 11.0 Å². The first-order chi connectivity index (χ1) is 13.4. The van der Waals surface area contributed by atoms with Gasteiger partial charge in [-0.2, -0.15) is 0 Å². The molecule has 0 radical (unpaired) electrons.